The maximum absolute atomic E-state index is 12.2. The SMILES string of the molecule is O=C(O)CN1CCC(O)(C(F)(F)F)C1. The zero-order valence-corrected chi connectivity index (χ0v) is 7.21. The van der Waals surface area contributed by atoms with Crippen LogP contribution in [0, 0.1) is 0 Å². The number of carboxylic acid groups (broad SMARTS) is 1. The molecule has 1 rings (SSSR count). The lowest BCUT2D eigenvalue weighted by Gasteiger charge is -2.25. The summed E-state index contributed by atoms with van der Waals surface area (Å²) in [4.78, 5) is 11.3. The van der Waals surface area contributed by atoms with E-state index >= 15 is 0 Å². The lowest BCUT2D eigenvalue weighted by Crippen LogP contribution is -2.47. The summed E-state index contributed by atoms with van der Waals surface area (Å²) in [6.45, 7) is -1.19. The van der Waals surface area contributed by atoms with Crippen molar-refractivity contribution >= 4 is 5.97 Å². The Balaban J connectivity index is 2.60. The van der Waals surface area contributed by atoms with E-state index in [0.29, 0.717) is 0 Å². The highest BCUT2D eigenvalue weighted by Crippen LogP contribution is 2.37. The molecule has 1 heterocycles. The topological polar surface area (TPSA) is 60.8 Å². The lowest BCUT2D eigenvalue weighted by atomic mass is 10.0. The van der Waals surface area contributed by atoms with E-state index in [1.165, 1.54) is 0 Å². The van der Waals surface area contributed by atoms with Crippen LogP contribution in [-0.4, -0.2) is 52.5 Å². The molecule has 2 N–H and O–H groups in total. The molecule has 1 aliphatic heterocycles. The monoisotopic (exact) mass is 213 g/mol. The molecule has 4 nitrogen and oxygen atoms in total. The number of β-amino-alcohol motifs (C(OH)–C–C–N with tert-alkyl or cyclic N) is 1. The van der Waals surface area contributed by atoms with Crippen LogP contribution in [-0.2, 0) is 4.79 Å². The van der Waals surface area contributed by atoms with Crippen LogP contribution in [0.2, 0.25) is 0 Å². The van der Waals surface area contributed by atoms with Gasteiger partial charge in [-0.25, -0.2) is 0 Å². The van der Waals surface area contributed by atoms with Crippen molar-refractivity contribution in [3.63, 3.8) is 0 Å². The van der Waals surface area contributed by atoms with E-state index in [1.807, 2.05) is 0 Å². The molecular weight excluding hydrogens is 203 g/mol. The first-order chi connectivity index (χ1) is 6.24. The normalized spacial score (nSPS) is 29.4. The number of rotatable bonds is 2. The zero-order valence-electron chi connectivity index (χ0n) is 7.21. The maximum atomic E-state index is 12.2. The molecule has 1 atom stereocenters. The third-order valence-corrected chi connectivity index (χ3v) is 2.21. The Labute approximate surface area is 77.9 Å². The molecule has 0 bridgehead atoms. The van der Waals surface area contributed by atoms with Gasteiger partial charge in [0, 0.05) is 13.1 Å². The molecule has 0 aromatic rings. The molecule has 0 spiro atoms. The number of aliphatic hydroxyl groups is 1. The molecule has 1 saturated heterocycles. The van der Waals surface area contributed by atoms with E-state index in [-0.39, 0.29) is 6.54 Å². The van der Waals surface area contributed by atoms with Gasteiger partial charge in [-0.05, 0) is 6.42 Å². The van der Waals surface area contributed by atoms with Crippen LogP contribution in [0.25, 0.3) is 0 Å². The van der Waals surface area contributed by atoms with E-state index in [0.717, 1.165) is 4.90 Å². The van der Waals surface area contributed by atoms with Crippen molar-refractivity contribution in [1.82, 2.24) is 4.90 Å². The molecule has 14 heavy (non-hydrogen) atoms. The molecule has 82 valence electrons. The highest BCUT2D eigenvalue weighted by atomic mass is 19.4. The Bertz CT molecular complexity index is 243. The molecule has 0 amide bonds. The molecule has 0 aromatic heterocycles. The van der Waals surface area contributed by atoms with Gasteiger partial charge in [0.15, 0.2) is 5.60 Å². The van der Waals surface area contributed by atoms with E-state index in [4.69, 9.17) is 10.2 Å². The summed E-state index contributed by atoms with van der Waals surface area (Å²) in [6.07, 6.45) is -5.16. The number of carboxylic acids is 1. The van der Waals surface area contributed by atoms with Crippen molar-refractivity contribution in [3.8, 4) is 0 Å². The number of nitrogens with zero attached hydrogens (tertiary/aromatic N) is 1. The predicted molar refractivity (Wildman–Crippen MR) is 39.7 cm³/mol. The van der Waals surface area contributed by atoms with Gasteiger partial charge in [0.1, 0.15) is 0 Å². The summed E-state index contributed by atoms with van der Waals surface area (Å²) in [5.41, 5.74) is -2.75. The summed E-state index contributed by atoms with van der Waals surface area (Å²) in [5, 5.41) is 17.5. The maximum Gasteiger partial charge on any atom is 0.418 e. The van der Waals surface area contributed by atoms with Crippen molar-refractivity contribution in [3.05, 3.63) is 0 Å². The number of hydrogen-bond acceptors (Lipinski definition) is 3. The Kier molecular flexibility index (Phi) is 2.73. The van der Waals surface area contributed by atoms with Gasteiger partial charge in [0.05, 0.1) is 6.54 Å². The first kappa shape index (κ1) is 11.3. The molecule has 1 fully saturated rings. The fraction of sp³-hybridized carbons (Fsp3) is 0.857. The summed E-state index contributed by atoms with van der Waals surface area (Å²) < 4.78 is 36.7. The highest BCUT2D eigenvalue weighted by molar-refractivity contribution is 5.69. The van der Waals surface area contributed by atoms with Gasteiger partial charge in [-0.3, -0.25) is 9.69 Å². The molecule has 1 unspecified atom stereocenters. The average Bonchev–Trinajstić information content (AvgIpc) is 2.30. The van der Waals surface area contributed by atoms with Crippen molar-refractivity contribution in [1.29, 1.82) is 0 Å². The first-order valence-electron chi connectivity index (χ1n) is 3.98. The minimum Gasteiger partial charge on any atom is -0.480 e. The van der Waals surface area contributed by atoms with Crippen molar-refractivity contribution in [2.75, 3.05) is 19.6 Å². The quantitative estimate of drug-likeness (QED) is 0.681. The third kappa shape index (κ3) is 2.16. The largest absolute Gasteiger partial charge is 0.480 e. The molecule has 0 radical (unpaired) electrons. The number of hydrogen-bond donors (Lipinski definition) is 2. The Morgan fingerprint density at radius 2 is 2.07 bits per heavy atom. The minimum atomic E-state index is -4.69. The summed E-state index contributed by atoms with van der Waals surface area (Å²) in [5.74, 6) is -1.20. The van der Waals surface area contributed by atoms with Crippen molar-refractivity contribution < 1.29 is 28.2 Å². The average molecular weight is 213 g/mol. The van der Waals surface area contributed by atoms with Crippen LogP contribution in [0.1, 0.15) is 6.42 Å². The van der Waals surface area contributed by atoms with Gasteiger partial charge in [-0.15, -0.1) is 0 Å². The van der Waals surface area contributed by atoms with Gasteiger partial charge in [-0.1, -0.05) is 0 Å². The van der Waals surface area contributed by atoms with Crippen LogP contribution in [0.3, 0.4) is 0 Å². The number of halogens is 3. The van der Waals surface area contributed by atoms with Gasteiger partial charge in [0.25, 0.3) is 0 Å². The number of aliphatic carboxylic acids is 1. The standard InChI is InChI=1S/C7H10F3NO3/c8-7(9,10)6(14)1-2-11(4-6)3-5(12)13/h14H,1-4H2,(H,12,13). The second-order valence-electron chi connectivity index (χ2n) is 3.38. The van der Waals surface area contributed by atoms with E-state index in [9.17, 15) is 18.0 Å². The van der Waals surface area contributed by atoms with Gasteiger partial charge in [-0.2, -0.15) is 13.2 Å². The highest BCUT2D eigenvalue weighted by Gasteiger charge is 2.57. The fourth-order valence-electron chi connectivity index (χ4n) is 1.43. The van der Waals surface area contributed by atoms with Gasteiger partial charge >= 0.3 is 12.1 Å². The Morgan fingerprint density at radius 1 is 1.50 bits per heavy atom. The van der Waals surface area contributed by atoms with Crippen LogP contribution >= 0.6 is 0 Å². The second kappa shape index (κ2) is 3.39. The summed E-state index contributed by atoms with van der Waals surface area (Å²) >= 11 is 0. The number of alkyl halides is 3. The summed E-state index contributed by atoms with van der Waals surface area (Å²) in [7, 11) is 0. The second-order valence-corrected chi connectivity index (χ2v) is 3.38. The Hall–Kier alpha value is -0.820. The van der Waals surface area contributed by atoms with E-state index in [2.05, 4.69) is 0 Å². The fourth-order valence-corrected chi connectivity index (χ4v) is 1.43. The predicted octanol–water partition coefficient (Wildman–Crippen LogP) is 0.0701. The zero-order chi connectivity index (χ0) is 11.0. The molecule has 0 aromatic carbocycles. The lowest BCUT2D eigenvalue weighted by molar-refractivity contribution is -0.253. The van der Waals surface area contributed by atoms with Gasteiger partial charge < -0.3 is 10.2 Å². The van der Waals surface area contributed by atoms with Crippen molar-refractivity contribution in [2.45, 2.75) is 18.2 Å². The van der Waals surface area contributed by atoms with Crippen LogP contribution < -0.4 is 0 Å². The molecular formula is C7H10F3NO3. The van der Waals surface area contributed by atoms with Crippen molar-refractivity contribution in [2.24, 2.45) is 0 Å². The minimum absolute atomic E-state index is 0.0533. The molecule has 0 aliphatic carbocycles. The number of carbonyl (C=O) groups is 1. The van der Waals surface area contributed by atoms with Crippen LogP contribution in [0.15, 0.2) is 0 Å². The third-order valence-electron chi connectivity index (χ3n) is 2.21. The first-order valence-corrected chi connectivity index (χ1v) is 3.98. The molecule has 1 aliphatic rings. The van der Waals surface area contributed by atoms with Crippen LogP contribution in [0.5, 0.6) is 0 Å². The Morgan fingerprint density at radius 3 is 2.43 bits per heavy atom. The summed E-state index contributed by atoms with van der Waals surface area (Å²) in [6, 6.07) is 0. The van der Waals surface area contributed by atoms with E-state index < -0.39 is 37.3 Å². The van der Waals surface area contributed by atoms with E-state index in [1.54, 1.807) is 0 Å². The van der Waals surface area contributed by atoms with Crippen LogP contribution in [0.4, 0.5) is 13.2 Å². The molecule has 7 heteroatoms. The smallest absolute Gasteiger partial charge is 0.418 e. The number of likely N-dealkylation sites (tertiary alicyclic amines) is 1. The molecule has 0 saturated carbocycles. The van der Waals surface area contributed by atoms with Gasteiger partial charge in [0.2, 0.25) is 0 Å².